The number of halogens is 1. The van der Waals surface area contributed by atoms with E-state index in [0.29, 0.717) is 19.7 Å². The second kappa shape index (κ2) is 11.4. The Hall–Kier alpha value is -2.57. The molecule has 1 atom stereocenters. The normalized spacial score (nSPS) is 16.5. The fourth-order valence-electron chi connectivity index (χ4n) is 3.43. The van der Waals surface area contributed by atoms with E-state index in [1.165, 1.54) is 0 Å². The highest BCUT2D eigenvalue weighted by atomic mass is 35.5. The Morgan fingerprint density at radius 1 is 1.07 bits per heavy atom. The molecule has 6 nitrogen and oxygen atoms in total. The molecule has 156 valence electrons. The Labute approximate surface area is 177 Å². The minimum atomic E-state index is -0.953. The zero-order valence-corrected chi connectivity index (χ0v) is 17.1. The summed E-state index contributed by atoms with van der Waals surface area (Å²) in [6, 6.07) is 16.1. The molecule has 1 heterocycles. The Balaban J connectivity index is 0.00000300. The third-order valence-electron chi connectivity index (χ3n) is 4.97. The van der Waals surface area contributed by atoms with Crippen molar-refractivity contribution in [2.24, 2.45) is 0 Å². The van der Waals surface area contributed by atoms with Crippen LogP contribution in [-0.2, 0) is 11.3 Å². The van der Waals surface area contributed by atoms with Crippen molar-refractivity contribution in [2.75, 3.05) is 19.7 Å². The molecule has 29 heavy (non-hydrogen) atoms. The van der Waals surface area contributed by atoms with E-state index in [1.807, 2.05) is 30.3 Å². The van der Waals surface area contributed by atoms with E-state index in [4.69, 9.17) is 9.84 Å². The number of nitrogens with zero attached hydrogens (tertiary/aromatic N) is 1. The molecule has 0 aliphatic carbocycles. The molecule has 1 aliphatic heterocycles. The lowest BCUT2D eigenvalue weighted by atomic mass is 10.0. The van der Waals surface area contributed by atoms with Crippen molar-refractivity contribution in [3.05, 3.63) is 65.7 Å². The van der Waals surface area contributed by atoms with E-state index in [1.54, 1.807) is 24.3 Å². The van der Waals surface area contributed by atoms with Gasteiger partial charge in [0.05, 0.1) is 11.6 Å². The predicted molar refractivity (Wildman–Crippen MR) is 114 cm³/mol. The number of hydrogen-bond donors (Lipinski definition) is 2. The first-order valence-electron chi connectivity index (χ1n) is 9.65. The molecule has 0 unspecified atom stereocenters. The second-order valence-electron chi connectivity index (χ2n) is 6.93. The van der Waals surface area contributed by atoms with Gasteiger partial charge in [0.2, 0.25) is 5.91 Å². The maximum absolute atomic E-state index is 12.7. The zero-order chi connectivity index (χ0) is 19.8. The van der Waals surface area contributed by atoms with Crippen molar-refractivity contribution in [3.63, 3.8) is 0 Å². The fraction of sp³-hybridized carbons (Fsp3) is 0.364. The summed E-state index contributed by atoms with van der Waals surface area (Å²) < 4.78 is 5.78. The lowest BCUT2D eigenvalue weighted by molar-refractivity contribution is -0.128. The lowest BCUT2D eigenvalue weighted by Gasteiger charge is -2.34. The first-order valence-corrected chi connectivity index (χ1v) is 9.65. The summed E-state index contributed by atoms with van der Waals surface area (Å²) >= 11 is 0. The molecule has 1 fully saturated rings. The largest absolute Gasteiger partial charge is 0.492 e. The summed E-state index contributed by atoms with van der Waals surface area (Å²) in [4.78, 5) is 25.8. The Morgan fingerprint density at radius 3 is 2.48 bits per heavy atom. The summed E-state index contributed by atoms with van der Waals surface area (Å²) in [5.41, 5.74) is 1.13. The maximum atomic E-state index is 12.7. The van der Waals surface area contributed by atoms with E-state index >= 15 is 0 Å². The van der Waals surface area contributed by atoms with Crippen LogP contribution in [0.2, 0.25) is 0 Å². The number of carboxylic acid groups (broad SMARTS) is 1. The zero-order valence-electron chi connectivity index (χ0n) is 16.3. The third-order valence-corrected chi connectivity index (χ3v) is 4.97. The molecule has 1 amide bonds. The van der Waals surface area contributed by atoms with Crippen molar-refractivity contribution >= 4 is 24.3 Å². The summed E-state index contributed by atoms with van der Waals surface area (Å²) in [5.74, 6) is -0.0989. The van der Waals surface area contributed by atoms with Crippen molar-refractivity contribution in [2.45, 2.75) is 31.8 Å². The van der Waals surface area contributed by atoms with E-state index in [-0.39, 0.29) is 29.9 Å². The highest BCUT2D eigenvalue weighted by molar-refractivity contribution is 5.87. The van der Waals surface area contributed by atoms with Gasteiger partial charge in [0, 0.05) is 13.1 Å². The second-order valence-corrected chi connectivity index (χ2v) is 6.93. The maximum Gasteiger partial charge on any atom is 0.335 e. The van der Waals surface area contributed by atoms with Crippen LogP contribution in [0.1, 0.15) is 35.2 Å². The van der Waals surface area contributed by atoms with Crippen LogP contribution in [0.3, 0.4) is 0 Å². The van der Waals surface area contributed by atoms with Gasteiger partial charge in [-0.05, 0) is 49.2 Å². The van der Waals surface area contributed by atoms with Crippen molar-refractivity contribution in [1.29, 1.82) is 0 Å². The van der Waals surface area contributed by atoms with Crippen LogP contribution in [0.5, 0.6) is 5.75 Å². The topological polar surface area (TPSA) is 78.9 Å². The summed E-state index contributed by atoms with van der Waals surface area (Å²) in [6.45, 7) is 2.54. The molecule has 1 saturated heterocycles. The molecule has 0 saturated carbocycles. The number of piperidine rings is 1. The van der Waals surface area contributed by atoms with E-state index in [9.17, 15) is 9.59 Å². The monoisotopic (exact) mass is 418 g/mol. The summed E-state index contributed by atoms with van der Waals surface area (Å²) in [7, 11) is 0. The molecule has 0 bridgehead atoms. The molecule has 0 spiro atoms. The van der Waals surface area contributed by atoms with Gasteiger partial charge in [-0.1, -0.05) is 36.8 Å². The minimum Gasteiger partial charge on any atom is -0.492 e. The van der Waals surface area contributed by atoms with E-state index in [2.05, 4.69) is 10.2 Å². The molecular formula is C22H27ClN2O4. The van der Waals surface area contributed by atoms with Crippen molar-refractivity contribution in [3.8, 4) is 5.75 Å². The van der Waals surface area contributed by atoms with Crippen LogP contribution in [0.25, 0.3) is 0 Å². The molecule has 2 N–H and O–H groups in total. The third kappa shape index (κ3) is 6.76. The molecule has 3 rings (SSSR count). The SMILES string of the molecule is Cl.O=C(O)c1ccc(CNC(=O)[C@H]2CCCCN2CCOc2ccccc2)cc1. The minimum absolute atomic E-state index is 0. The number of aromatic carboxylic acids is 1. The quantitative estimate of drug-likeness (QED) is 0.687. The van der Waals surface area contributed by atoms with Gasteiger partial charge in [-0.25, -0.2) is 4.79 Å². The highest BCUT2D eigenvalue weighted by Crippen LogP contribution is 2.18. The number of nitrogens with one attached hydrogen (secondary N) is 1. The number of benzene rings is 2. The average molecular weight is 419 g/mol. The Kier molecular flexibility index (Phi) is 8.96. The highest BCUT2D eigenvalue weighted by Gasteiger charge is 2.28. The number of carboxylic acids is 1. The van der Waals surface area contributed by atoms with Gasteiger partial charge in [-0.2, -0.15) is 0 Å². The van der Waals surface area contributed by atoms with Crippen molar-refractivity contribution < 1.29 is 19.4 Å². The van der Waals surface area contributed by atoms with Crippen LogP contribution in [0.15, 0.2) is 54.6 Å². The number of likely N-dealkylation sites (tertiary alicyclic amines) is 1. The fourth-order valence-corrected chi connectivity index (χ4v) is 3.43. The Bertz CT molecular complexity index is 783. The van der Waals surface area contributed by atoms with Gasteiger partial charge in [-0.3, -0.25) is 9.69 Å². The van der Waals surface area contributed by atoms with Crippen LogP contribution in [0, 0.1) is 0 Å². The number of rotatable bonds is 8. The van der Waals surface area contributed by atoms with Gasteiger partial charge >= 0.3 is 5.97 Å². The van der Waals surface area contributed by atoms with Gasteiger partial charge in [0.15, 0.2) is 0 Å². The van der Waals surface area contributed by atoms with Gasteiger partial charge in [0.1, 0.15) is 12.4 Å². The number of hydrogen-bond acceptors (Lipinski definition) is 4. The molecule has 2 aromatic carbocycles. The lowest BCUT2D eigenvalue weighted by Crippen LogP contribution is -2.50. The average Bonchev–Trinajstić information content (AvgIpc) is 2.73. The molecule has 1 aliphatic rings. The van der Waals surface area contributed by atoms with Gasteiger partial charge in [-0.15, -0.1) is 12.4 Å². The van der Waals surface area contributed by atoms with Crippen LogP contribution in [-0.4, -0.2) is 47.6 Å². The smallest absolute Gasteiger partial charge is 0.335 e. The van der Waals surface area contributed by atoms with Crippen LogP contribution in [0.4, 0.5) is 0 Å². The molecule has 7 heteroatoms. The molecular weight excluding hydrogens is 392 g/mol. The number of carbonyl (C=O) groups excluding carboxylic acids is 1. The summed E-state index contributed by atoms with van der Waals surface area (Å²) in [5, 5.41) is 11.9. The first kappa shape index (κ1) is 22.7. The molecule has 0 aromatic heterocycles. The van der Waals surface area contributed by atoms with E-state index in [0.717, 1.165) is 37.1 Å². The Morgan fingerprint density at radius 2 is 1.79 bits per heavy atom. The summed E-state index contributed by atoms with van der Waals surface area (Å²) in [6.07, 6.45) is 2.97. The standard InChI is InChI=1S/C22H26N2O4.ClH/c25-21(23-16-17-9-11-18(12-10-17)22(26)27)20-8-4-5-13-24(20)14-15-28-19-6-2-1-3-7-19;/h1-3,6-7,9-12,20H,4-5,8,13-16H2,(H,23,25)(H,26,27);1H/t20-;/m1./s1. The molecule has 2 aromatic rings. The number of amides is 1. The van der Waals surface area contributed by atoms with Crippen LogP contribution < -0.4 is 10.1 Å². The number of ether oxygens (including phenoxy) is 1. The predicted octanol–water partition coefficient (Wildman–Crippen LogP) is 3.36. The number of carbonyl (C=O) groups is 2. The molecule has 0 radical (unpaired) electrons. The van der Waals surface area contributed by atoms with Crippen LogP contribution >= 0.6 is 12.4 Å². The van der Waals surface area contributed by atoms with E-state index < -0.39 is 5.97 Å². The first-order chi connectivity index (χ1) is 13.6. The number of para-hydroxylation sites is 1. The van der Waals surface area contributed by atoms with Crippen molar-refractivity contribution in [1.82, 2.24) is 10.2 Å². The van der Waals surface area contributed by atoms with Gasteiger partial charge in [0.25, 0.3) is 0 Å². The van der Waals surface area contributed by atoms with Gasteiger partial charge < -0.3 is 15.2 Å².